The van der Waals surface area contributed by atoms with Crippen LogP contribution in [0.3, 0.4) is 0 Å². The molecule has 5 fully saturated rings. The fraction of sp³-hybridized carbons (Fsp3) is 0.833. The van der Waals surface area contributed by atoms with Gasteiger partial charge in [0.05, 0.1) is 36.3 Å². The van der Waals surface area contributed by atoms with Gasteiger partial charge in [-0.2, -0.15) is 0 Å². The molecule has 7 aliphatic rings. The van der Waals surface area contributed by atoms with Crippen molar-refractivity contribution in [2.45, 2.75) is 140 Å². The van der Waals surface area contributed by atoms with Crippen LogP contribution < -0.4 is 0 Å². The number of piperidine rings is 1. The molecule has 0 aromatic carbocycles. The van der Waals surface area contributed by atoms with Crippen LogP contribution in [0.15, 0.2) is 29.0 Å². The van der Waals surface area contributed by atoms with Crippen molar-refractivity contribution in [1.82, 2.24) is 19.9 Å². The first kappa shape index (κ1) is 32.5. The fourth-order valence-corrected chi connectivity index (χ4v) is 11.7. The molecule has 0 radical (unpaired) electrons. The van der Waals surface area contributed by atoms with Crippen molar-refractivity contribution in [3.8, 4) is 0 Å². The van der Waals surface area contributed by atoms with Gasteiger partial charge in [-0.1, -0.05) is 43.2 Å². The summed E-state index contributed by atoms with van der Waals surface area (Å²) in [5, 5.41) is 59.9. The Hall–Kier alpha value is -1.70. The predicted octanol–water partition coefficient (Wildman–Crippen LogP) is 2.48. The monoisotopic (exact) mass is 654 g/mol. The number of aromatic nitrogens is 3. The van der Waals surface area contributed by atoms with Crippen LogP contribution in [0.2, 0.25) is 0 Å². The lowest BCUT2D eigenvalue weighted by molar-refractivity contribution is -0.254. The van der Waals surface area contributed by atoms with E-state index in [0.717, 1.165) is 50.8 Å². The van der Waals surface area contributed by atoms with E-state index >= 15 is 0 Å². The van der Waals surface area contributed by atoms with Gasteiger partial charge in [0.15, 0.2) is 6.23 Å². The molecule has 3 aliphatic heterocycles. The molecule has 4 heterocycles. The topological polar surface area (TPSA) is 154 Å². The van der Waals surface area contributed by atoms with Crippen LogP contribution in [0.5, 0.6) is 0 Å². The van der Waals surface area contributed by atoms with Gasteiger partial charge >= 0.3 is 0 Å². The van der Waals surface area contributed by atoms with Crippen LogP contribution >= 0.6 is 0 Å². The maximum absolute atomic E-state index is 10.6. The smallest absolute Gasteiger partial charge is 0.180 e. The van der Waals surface area contributed by atoms with E-state index in [-0.39, 0.29) is 29.3 Å². The lowest BCUT2D eigenvalue weighted by Crippen LogP contribution is -2.56. The molecule has 11 heteroatoms. The molecule has 1 aromatic rings. The third-order valence-electron chi connectivity index (χ3n) is 14.1. The normalized spacial score (nSPS) is 49.8. The number of fused-ring (bicyclic) bond motifs is 6. The van der Waals surface area contributed by atoms with Gasteiger partial charge in [0, 0.05) is 25.0 Å². The molecule has 5 N–H and O–H groups in total. The van der Waals surface area contributed by atoms with Crippen LogP contribution in [0, 0.1) is 35.0 Å². The van der Waals surface area contributed by atoms with E-state index in [4.69, 9.17) is 9.47 Å². The van der Waals surface area contributed by atoms with Crippen molar-refractivity contribution in [3.63, 3.8) is 0 Å². The molecule has 8 rings (SSSR count). The summed E-state index contributed by atoms with van der Waals surface area (Å²) < 4.78 is 14.4. The average Bonchev–Trinajstić information content (AvgIpc) is 3.74. The molecule has 1 aromatic heterocycles. The second-order valence-corrected chi connectivity index (χ2v) is 16.6. The Labute approximate surface area is 277 Å². The van der Waals surface area contributed by atoms with Crippen molar-refractivity contribution in [2.75, 3.05) is 13.2 Å². The second kappa shape index (κ2) is 11.7. The number of allylic oxidation sites excluding steroid dienone is 2. The van der Waals surface area contributed by atoms with E-state index in [9.17, 15) is 25.5 Å². The first-order valence-electron chi connectivity index (χ1n) is 18.2. The summed E-state index contributed by atoms with van der Waals surface area (Å²) in [6, 6.07) is 0.241. The number of likely N-dealkylation sites (tertiary alicyclic amines) is 1. The SMILES string of the molecule is CC1=C2C[C@H]3[C@@H](CC=C4C[C@@H](O)CC[C@@]43C)[C@@H]2CC[C@]12O[C@@H]1C[C@H](C)CN(Cc3cn([C@@H]4OC(CO)[C@H](O)C(O)[C@@H]4O)nn3)[C@H]1[C@H]2C. The van der Waals surface area contributed by atoms with Gasteiger partial charge in [-0.15, -0.1) is 5.10 Å². The van der Waals surface area contributed by atoms with E-state index < -0.39 is 37.3 Å². The molecule has 15 atom stereocenters. The van der Waals surface area contributed by atoms with E-state index in [1.165, 1.54) is 28.7 Å². The Balaban J connectivity index is 1.03. The third-order valence-corrected chi connectivity index (χ3v) is 14.1. The summed E-state index contributed by atoms with van der Waals surface area (Å²) in [7, 11) is 0. The molecular weight excluding hydrogens is 600 g/mol. The fourth-order valence-electron chi connectivity index (χ4n) is 11.7. The zero-order valence-corrected chi connectivity index (χ0v) is 28.3. The highest BCUT2D eigenvalue weighted by molar-refractivity contribution is 5.38. The minimum atomic E-state index is -1.47. The Morgan fingerprint density at radius 3 is 2.64 bits per heavy atom. The highest BCUT2D eigenvalue weighted by Crippen LogP contribution is 2.65. The number of hydrogen-bond acceptors (Lipinski definition) is 10. The summed E-state index contributed by atoms with van der Waals surface area (Å²) >= 11 is 0. The number of ether oxygens (including phenoxy) is 2. The van der Waals surface area contributed by atoms with E-state index in [0.29, 0.717) is 36.1 Å². The highest BCUT2D eigenvalue weighted by atomic mass is 16.6. The second-order valence-electron chi connectivity index (χ2n) is 16.6. The first-order chi connectivity index (χ1) is 22.4. The molecule has 0 amide bonds. The summed E-state index contributed by atoms with van der Waals surface area (Å²) in [6.45, 7) is 10.6. The third kappa shape index (κ3) is 4.89. The van der Waals surface area contributed by atoms with Gasteiger partial charge in [0.1, 0.15) is 24.4 Å². The van der Waals surface area contributed by atoms with Crippen molar-refractivity contribution < 1.29 is 35.0 Å². The summed E-state index contributed by atoms with van der Waals surface area (Å²) in [4.78, 5) is 2.52. The number of rotatable bonds is 4. The van der Waals surface area contributed by atoms with Crippen LogP contribution in [0.1, 0.15) is 91.0 Å². The van der Waals surface area contributed by atoms with E-state index in [1.807, 2.05) is 0 Å². The number of aliphatic hydroxyl groups excluding tert-OH is 5. The van der Waals surface area contributed by atoms with Crippen LogP contribution in [0.25, 0.3) is 0 Å². The lowest BCUT2D eigenvalue weighted by Gasteiger charge is -2.49. The molecule has 2 unspecified atom stereocenters. The molecule has 260 valence electrons. The summed E-state index contributed by atoms with van der Waals surface area (Å²) in [5.41, 5.74) is 5.35. The van der Waals surface area contributed by atoms with Gasteiger partial charge in [-0.05, 0) is 93.0 Å². The summed E-state index contributed by atoms with van der Waals surface area (Å²) in [5.74, 6) is 2.76. The zero-order chi connectivity index (χ0) is 33.0. The Morgan fingerprint density at radius 2 is 1.85 bits per heavy atom. The molecule has 1 spiro atoms. The molecule has 11 nitrogen and oxygen atoms in total. The van der Waals surface area contributed by atoms with Crippen molar-refractivity contribution in [1.29, 1.82) is 0 Å². The van der Waals surface area contributed by atoms with Gasteiger partial charge in [0.2, 0.25) is 0 Å². The number of nitrogens with zero attached hydrogens (tertiary/aromatic N) is 4. The quantitative estimate of drug-likeness (QED) is 0.306. The molecule has 0 bridgehead atoms. The number of hydrogen-bond donors (Lipinski definition) is 5. The number of aliphatic hydroxyl groups is 5. The molecule has 2 saturated carbocycles. The average molecular weight is 655 g/mol. The maximum atomic E-state index is 10.6. The van der Waals surface area contributed by atoms with Gasteiger partial charge in [-0.25, -0.2) is 4.68 Å². The first-order valence-corrected chi connectivity index (χ1v) is 18.2. The van der Waals surface area contributed by atoms with Crippen molar-refractivity contribution >= 4 is 0 Å². The Morgan fingerprint density at radius 1 is 1.04 bits per heavy atom. The zero-order valence-electron chi connectivity index (χ0n) is 28.3. The lowest BCUT2D eigenvalue weighted by atomic mass is 9.56. The molecule has 47 heavy (non-hydrogen) atoms. The van der Waals surface area contributed by atoms with Crippen molar-refractivity contribution in [2.24, 2.45) is 35.0 Å². The molecule has 4 aliphatic carbocycles. The molecular formula is C36H54N4O7. The Bertz CT molecular complexity index is 1430. The largest absolute Gasteiger partial charge is 0.394 e. The summed E-state index contributed by atoms with van der Waals surface area (Å²) in [6.07, 6.45) is 6.27. The van der Waals surface area contributed by atoms with Gasteiger partial charge in [-0.3, -0.25) is 4.90 Å². The van der Waals surface area contributed by atoms with Gasteiger partial charge in [0.25, 0.3) is 0 Å². The van der Waals surface area contributed by atoms with Crippen LogP contribution in [-0.2, 0) is 16.0 Å². The van der Waals surface area contributed by atoms with Crippen LogP contribution in [-0.4, -0.2) is 107 Å². The highest BCUT2D eigenvalue weighted by Gasteiger charge is 2.61. The maximum Gasteiger partial charge on any atom is 0.180 e. The van der Waals surface area contributed by atoms with Gasteiger partial charge < -0.3 is 35.0 Å². The molecule has 3 saturated heterocycles. The van der Waals surface area contributed by atoms with E-state index in [1.54, 1.807) is 11.8 Å². The van der Waals surface area contributed by atoms with Crippen LogP contribution in [0.4, 0.5) is 0 Å². The minimum absolute atomic E-state index is 0.135. The Kier molecular flexibility index (Phi) is 8.08. The predicted molar refractivity (Wildman–Crippen MR) is 171 cm³/mol. The minimum Gasteiger partial charge on any atom is -0.394 e. The standard InChI is InChI=1S/C36H54N4O7/c1-18-11-28-30(39(14-18)15-22-16-40(38-37-22)34-33(45)32(44)31(43)29(17-41)46-34)20(3)36(47-28)10-8-24-25-6-5-21-12-23(42)7-9-35(21,4)27(25)13-26(24)19(36)2/h5,16,18,20,23-25,27-34,41-45H,6-15,17H2,1-4H3/t18-,20+,23-,24-,25-,27-,28+,29?,30-,31-,32?,33-,34+,35-,36-/m0/s1. The van der Waals surface area contributed by atoms with E-state index in [2.05, 4.69) is 49.0 Å². The van der Waals surface area contributed by atoms with Crippen molar-refractivity contribution in [3.05, 3.63) is 34.7 Å².